The summed E-state index contributed by atoms with van der Waals surface area (Å²) in [7, 11) is 2.96. The van der Waals surface area contributed by atoms with Gasteiger partial charge in [-0.05, 0) is 46.7 Å². The lowest BCUT2D eigenvalue weighted by Gasteiger charge is -2.17. The Labute approximate surface area is 264 Å². The number of aliphatic hydroxyl groups is 2. The first-order valence-corrected chi connectivity index (χ1v) is 15.9. The number of carbonyl (C=O) groups excluding carboxylic acids is 2. The predicted molar refractivity (Wildman–Crippen MR) is 176 cm³/mol. The SMILES string of the molecule is C=C(CCSCCC(=N)SC(=N)NC(=O)C(CO)c1ccccc1OC)SC(=N)NC(=O)C(CO)c1ccccc1OC. The fourth-order valence-corrected chi connectivity index (χ4v) is 6.27. The first-order valence-electron chi connectivity index (χ1n) is 13.1. The largest absolute Gasteiger partial charge is 0.496 e. The Morgan fingerprint density at radius 1 is 0.791 bits per heavy atom. The molecule has 0 aromatic heterocycles. The third-order valence-electron chi connectivity index (χ3n) is 5.97. The lowest BCUT2D eigenvalue weighted by Crippen LogP contribution is -2.34. The zero-order valence-electron chi connectivity index (χ0n) is 24.0. The summed E-state index contributed by atoms with van der Waals surface area (Å²) in [6.45, 7) is 3.06. The molecule has 2 rings (SSSR count). The Bertz CT molecular complexity index is 1210. The fourth-order valence-electron chi connectivity index (χ4n) is 3.83. The quantitative estimate of drug-likeness (QED) is 0.0847. The molecule has 0 bridgehead atoms. The maximum atomic E-state index is 12.7. The minimum atomic E-state index is -0.911. The molecule has 0 aliphatic heterocycles. The molecule has 2 amide bonds. The summed E-state index contributed by atoms with van der Waals surface area (Å²) < 4.78 is 10.5. The van der Waals surface area contributed by atoms with E-state index in [1.54, 1.807) is 60.3 Å². The van der Waals surface area contributed by atoms with Crippen LogP contribution in [0.3, 0.4) is 0 Å². The summed E-state index contributed by atoms with van der Waals surface area (Å²) in [5.41, 5.74) is 1.04. The van der Waals surface area contributed by atoms with Gasteiger partial charge < -0.3 is 30.3 Å². The van der Waals surface area contributed by atoms with E-state index in [-0.39, 0.29) is 15.4 Å². The van der Waals surface area contributed by atoms with Crippen LogP contribution in [-0.4, -0.2) is 76.3 Å². The van der Waals surface area contributed by atoms with Crippen LogP contribution in [0.1, 0.15) is 35.8 Å². The molecule has 2 aromatic carbocycles. The van der Waals surface area contributed by atoms with Gasteiger partial charge in [-0.15, -0.1) is 0 Å². The number of amidine groups is 2. The Morgan fingerprint density at radius 3 is 1.70 bits per heavy atom. The van der Waals surface area contributed by atoms with Gasteiger partial charge in [0.1, 0.15) is 11.5 Å². The average molecular weight is 648 g/mol. The Balaban J connectivity index is 1.68. The van der Waals surface area contributed by atoms with Crippen molar-refractivity contribution in [1.82, 2.24) is 10.6 Å². The fraction of sp³-hybridized carbons (Fsp3) is 0.345. The molecule has 0 fully saturated rings. The number of rotatable bonds is 15. The molecule has 0 aliphatic carbocycles. The van der Waals surface area contributed by atoms with Crippen molar-refractivity contribution in [2.75, 3.05) is 38.9 Å². The van der Waals surface area contributed by atoms with Gasteiger partial charge in [-0.25, -0.2) is 0 Å². The number of allylic oxidation sites excluding steroid dienone is 1. The third kappa shape index (κ3) is 11.7. The summed E-state index contributed by atoms with van der Waals surface area (Å²) in [6.07, 6.45) is 0.960. The lowest BCUT2D eigenvalue weighted by molar-refractivity contribution is -0.122. The first kappa shape index (κ1) is 35.9. The van der Waals surface area contributed by atoms with Crippen molar-refractivity contribution in [2.24, 2.45) is 0 Å². The normalized spacial score (nSPS) is 12.0. The molecule has 0 spiro atoms. The van der Waals surface area contributed by atoms with Crippen LogP contribution < -0.4 is 20.1 Å². The minimum absolute atomic E-state index is 0.0961. The highest BCUT2D eigenvalue weighted by atomic mass is 32.2. The molecule has 7 N–H and O–H groups in total. The van der Waals surface area contributed by atoms with E-state index >= 15 is 0 Å². The van der Waals surface area contributed by atoms with Crippen molar-refractivity contribution >= 4 is 62.5 Å². The molecule has 14 heteroatoms. The van der Waals surface area contributed by atoms with E-state index in [2.05, 4.69) is 17.2 Å². The summed E-state index contributed by atoms with van der Waals surface area (Å²) in [6, 6.07) is 13.8. The van der Waals surface area contributed by atoms with E-state index in [4.69, 9.17) is 25.7 Å². The van der Waals surface area contributed by atoms with Gasteiger partial charge in [-0.2, -0.15) is 11.8 Å². The van der Waals surface area contributed by atoms with Gasteiger partial charge in [0.15, 0.2) is 10.3 Å². The molecule has 0 aliphatic rings. The highest BCUT2D eigenvalue weighted by Gasteiger charge is 2.25. The molecule has 0 heterocycles. The van der Waals surface area contributed by atoms with E-state index in [0.717, 1.165) is 23.5 Å². The third-order valence-corrected chi connectivity index (χ3v) is 8.51. The van der Waals surface area contributed by atoms with Crippen LogP contribution in [-0.2, 0) is 9.59 Å². The molecule has 43 heavy (non-hydrogen) atoms. The van der Waals surface area contributed by atoms with Crippen LogP contribution in [0.15, 0.2) is 60.0 Å². The van der Waals surface area contributed by atoms with Crippen LogP contribution in [0.5, 0.6) is 11.5 Å². The second kappa shape index (κ2) is 19.1. The molecular formula is C29H37N5O6S3. The Morgan fingerprint density at radius 2 is 1.23 bits per heavy atom. The van der Waals surface area contributed by atoms with E-state index < -0.39 is 36.9 Å². The molecule has 2 unspecified atom stereocenters. The van der Waals surface area contributed by atoms with Crippen LogP contribution in [0.2, 0.25) is 0 Å². The van der Waals surface area contributed by atoms with E-state index in [1.165, 1.54) is 14.2 Å². The Kier molecular flexibility index (Phi) is 15.9. The summed E-state index contributed by atoms with van der Waals surface area (Å²) in [4.78, 5) is 26.0. The predicted octanol–water partition coefficient (Wildman–Crippen LogP) is 4.13. The van der Waals surface area contributed by atoms with Crippen LogP contribution in [0.25, 0.3) is 0 Å². The first-order chi connectivity index (χ1) is 20.6. The zero-order chi connectivity index (χ0) is 31.8. The number of aliphatic hydroxyl groups excluding tert-OH is 2. The number of nitrogens with one attached hydrogen (secondary N) is 5. The van der Waals surface area contributed by atoms with E-state index in [9.17, 15) is 19.8 Å². The number of amides is 2. The van der Waals surface area contributed by atoms with Gasteiger partial charge in [0, 0.05) is 17.5 Å². The smallest absolute Gasteiger partial charge is 0.235 e. The van der Waals surface area contributed by atoms with Gasteiger partial charge in [0.25, 0.3) is 0 Å². The monoisotopic (exact) mass is 647 g/mol. The molecular weight excluding hydrogens is 611 g/mol. The van der Waals surface area contributed by atoms with Gasteiger partial charge >= 0.3 is 0 Å². The molecule has 0 saturated heterocycles. The van der Waals surface area contributed by atoms with Gasteiger partial charge in [0.05, 0.1) is 44.3 Å². The zero-order valence-corrected chi connectivity index (χ0v) is 26.4. The van der Waals surface area contributed by atoms with Gasteiger partial charge in [-0.3, -0.25) is 25.8 Å². The number of para-hydroxylation sites is 2. The average Bonchev–Trinajstić information content (AvgIpc) is 2.98. The standard InChI is InChI=1S/C29H37N5O6S3/c1-18(42-28(31)33-26(37)21(16-35)19-8-4-6-10-23(19)39-2)12-14-41-15-13-25(30)43-29(32)34-27(38)22(17-36)20-9-5-7-11-24(20)40-3/h4-11,21-22,30,35-36H,1,12-17H2,2-3H3,(H2,31,33,37)(H2,32,34,38). The van der Waals surface area contributed by atoms with Crippen molar-refractivity contribution in [3.63, 3.8) is 0 Å². The number of thioether (sulfide) groups is 3. The van der Waals surface area contributed by atoms with Crippen LogP contribution in [0.4, 0.5) is 0 Å². The molecule has 11 nitrogen and oxygen atoms in total. The van der Waals surface area contributed by atoms with Crippen molar-refractivity contribution in [3.05, 3.63) is 71.1 Å². The molecule has 232 valence electrons. The minimum Gasteiger partial charge on any atom is -0.496 e. The van der Waals surface area contributed by atoms with Crippen LogP contribution in [0, 0.1) is 16.2 Å². The maximum Gasteiger partial charge on any atom is 0.235 e. The molecule has 0 radical (unpaired) electrons. The number of hydrogen-bond donors (Lipinski definition) is 7. The number of benzene rings is 2. The van der Waals surface area contributed by atoms with Gasteiger partial charge in [0.2, 0.25) is 11.8 Å². The number of carbonyl (C=O) groups is 2. The second-order valence-electron chi connectivity index (χ2n) is 8.87. The summed E-state index contributed by atoms with van der Waals surface area (Å²) >= 11 is 3.45. The number of methoxy groups -OCH3 is 2. The number of hydrogen-bond acceptors (Lipinski definition) is 12. The molecule has 2 atom stereocenters. The molecule has 2 aromatic rings. The maximum absolute atomic E-state index is 12.7. The van der Waals surface area contributed by atoms with E-state index in [1.807, 2.05) is 0 Å². The Hall–Kier alpha value is -3.30. The molecule has 0 saturated carbocycles. The van der Waals surface area contributed by atoms with Crippen molar-refractivity contribution in [1.29, 1.82) is 16.2 Å². The van der Waals surface area contributed by atoms with Crippen molar-refractivity contribution in [2.45, 2.75) is 24.7 Å². The highest BCUT2D eigenvalue weighted by molar-refractivity contribution is 8.26. The summed E-state index contributed by atoms with van der Waals surface area (Å²) in [5, 5.41) is 48.7. The highest BCUT2D eigenvalue weighted by Crippen LogP contribution is 2.28. The summed E-state index contributed by atoms with van der Waals surface area (Å²) in [5.74, 6) is -0.647. The second-order valence-corrected chi connectivity index (χ2v) is 12.4. The van der Waals surface area contributed by atoms with Gasteiger partial charge in [-0.1, -0.05) is 54.7 Å². The van der Waals surface area contributed by atoms with E-state index in [0.29, 0.717) is 51.9 Å². The van der Waals surface area contributed by atoms with Crippen molar-refractivity contribution < 1.29 is 29.3 Å². The topological polar surface area (TPSA) is 189 Å². The number of ether oxygens (including phenoxy) is 2. The lowest BCUT2D eigenvalue weighted by atomic mass is 9.98. The van der Waals surface area contributed by atoms with Crippen LogP contribution >= 0.6 is 35.3 Å². The van der Waals surface area contributed by atoms with Crippen molar-refractivity contribution in [3.8, 4) is 11.5 Å².